The van der Waals surface area contributed by atoms with Crippen LogP contribution in [0.5, 0.6) is 0 Å². The van der Waals surface area contributed by atoms with Crippen molar-refractivity contribution in [3.05, 3.63) is 70.5 Å². The molecule has 0 aromatic heterocycles. The Morgan fingerprint density at radius 2 is 1.33 bits per heavy atom. The fraction of sp³-hybridized carbons (Fsp3) is 0.586. The van der Waals surface area contributed by atoms with Gasteiger partial charge in [-0.1, -0.05) is 32.4 Å². The molecular formula is C29H39F7O7S2. The largest absolute Gasteiger partial charge is 0.416 e. The van der Waals surface area contributed by atoms with Gasteiger partial charge in [0.25, 0.3) is 20.2 Å². The Bertz CT molecular complexity index is 1340. The van der Waals surface area contributed by atoms with E-state index in [1.807, 2.05) is 19.1 Å². The van der Waals surface area contributed by atoms with Crippen LogP contribution in [0.4, 0.5) is 30.7 Å². The maximum Gasteiger partial charge on any atom is 0.416 e. The number of aliphatic hydroxyl groups is 1. The van der Waals surface area contributed by atoms with Crippen molar-refractivity contribution in [2.24, 2.45) is 5.92 Å². The topological polar surface area (TPSA) is 107 Å². The van der Waals surface area contributed by atoms with Gasteiger partial charge in [0, 0.05) is 0 Å². The highest BCUT2D eigenvalue weighted by atomic mass is 32.2. The van der Waals surface area contributed by atoms with Crippen LogP contribution in [0, 0.1) is 11.7 Å². The molecule has 2 aromatic carbocycles. The Hall–Kier alpha value is -2.27. The number of hydrogen-bond acceptors (Lipinski definition) is 7. The lowest BCUT2D eigenvalue weighted by Gasteiger charge is -2.29. The van der Waals surface area contributed by atoms with E-state index < -0.39 is 55.9 Å². The molecule has 0 radical (unpaired) electrons. The molecule has 1 aliphatic rings. The Kier molecular flexibility index (Phi) is 16.5. The molecule has 0 amide bonds. The number of hydrogen-bond donors (Lipinski definition) is 1. The third-order valence-corrected chi connectivity index (χ3v) is 9.42. The van der Waals surface area contributed by atoms with Crippen LogP contribution in [0.15, 0.2) is 42.5 Å². The van der Waals surface area contributed by atoms with E-state index in [1.165, 1.54) is 19.2 Å². The summed E-state index contributed by atoms with van der Waals surface area (Å²) < 4.78 is 140. The van der Waals surface area contributed by atoms with Gasteiger partial charge in [0.15, 0.2) is 0 Å². The maximum atomic E-state index is 13.0. The molecule has 45 heavy (non-hydrogen) atoms. The van der Waals surface area contributed by atoms with Crippen LogP contribution in [-0.2, 0) is 47.6 Å². The van der Waals surface area contributed by atoms with Gasteiger partial charge in [-0.15, -0.1) is 0 Å². The molecule has 0 saturated heterocycles. The molecule has 1 aliphatic carbocycles. The first-order valence-corrected chi connectivity index (χ1v) is 17.2. The summed E-state index contributed by atoms with van der Waals surface area (Å²) >= 11 is 0. The van der Waals surface area contributed by atoms with Crippen molar-refractivity contribution in [2.75, 3.05) is 25.2 Å². The molecule has 1 N–H and O–H groups in total. The third kappa shape index (κ3) is 15.7. The summed E-state index contributed by atoms with van der Waals surface area (Å²) in [6, 6.07) is 7.61. The van der Waals surface area contributed by atoms with Gasteiger partial charge in [0.2, 0.25) is 0 Å². The second-order valence-corrected chi connectivity index (χ2v) is 13.9. The molecule has 0 heterocycles. The summed E-state index contributed by atoms with van der Waals surface area (Å²) in [7, 11) is -5.37. The van der Waals surface area contributed by atoms with Gasteiger partial charge in [0.1, 0.15) is 5.82 Å². The Balaban J connectivity index is 0.000000373. The summed E-state index contributed by atoms with van der Waals surface area (Å²) in [6.07, 6.45) is -4.52. The maximum absolute atomic E-state index is 13.0. The molecule has 7 nitrogen and oxygen atoms in total. The van der Waals surface area contributed by atoms with Gasteiger partial charge < -0.3 is 5.11 Å². The Morgan fingerprint density at radius 1 is 0.822 bits per heavy atom. The Morgan fingerprint density at radius 3 is 1.76 bits per heavy atom. The summed E-state index contributed by atoms with van der Waals surface area (Å²) in [6.45, 7) is 3.01. The van der Waals surface area contributed by atoms with E-state index in [0.717, 1.165) is 31.2 Å². The Labute approximate surface area is 260 Å². The van der Waals surface area contributed by atoms with E-state index >= 15 is 0 Å². The van der Waals surface area contributed by atoms with E-state index in [-0.39, 0.29) is 35.9 Å². The van der Waals surface area contributed by atoms with Gasteiger partial charge in [-0.3, -0.25) is 8.37 Å². The zero-order valence-electron chi connectivity index (χ0n) is 25.1. The summed E-state index contributed by atoms with van der Waals surface area (Å²) in [4.78, 5) is 0. The van der Waals surface area contributed by atoms with E-state index in [2.05, 4.69) is 4.18 Å². The van der Waals surface area contributed by atoms with E-state index in [9.17, 15) is 47.6 Å². The number of halogens is 7. The molecule has 2 atom stereocenters. The molecule has 0 spiro atoms. The van der Waals surface area contributed by atoms with E-state index in [0.29, 0.717) is 30.9 Å². The van der Waals surface area contributed by atoms with Crippen molar-refractivity contribution in [3.8, 4) is 0 Å². The molecule has 1 saturated carbocycles. The fourth-order valence-corrected chi connectivity index (χ4v) is 6.12. The molecule has 2 aromatic rings. The third-order valence-electron chi connectivity index (χ3n) is 6.60. The van der Waals surface area contributed by atoms with Crippen LogP contribution in [0.1, 0.15) is 80.5 Å². The van der Waals surface area contributed by atoms with Crippen LogP contribution in [0.25, 0.3) is 0 Å². The highest BCUT2D eigenvalue weighted by molar-refractivity contribution is 7.86. The SMILES string of the molecule is CCCS(=O)(=O)OC.CCCS(=O)(=O)OCC1CCCC(c2ccc(F)cc2)C1.OCc1cc(C(F)(F)F)cc(C(F)(F)F)c1. The van der Waals surface area contributed by atoms with Crippen molar-refractivity contribution in [1.82, 2.24) is 0 Å². The predicted octanol–water partition coefficient (Wildman–Crippen LogP) is 7.45. The van der Waals surface area contributed by atoms with Crippen LogP contribution in [0.2, 0.25) is 0 Å². The molecule has 3 rings (SSSR count). The molecule has 0 aliphatic heterocycles. The minimum Gasteiger partial charge on any atom is -0.392 e. The second-order valence-electron chi connectivity index (χ2n) is 10.3. The highest BCUT2D eigenvalue weighted by Gasteiger charge is 2.36. The average molecular weight is 697 g/mol. The van der Waals surface area contributed by atoms with Crippen molar-refractivity contribution in [3.63, 3.8) is 0 Å². The summed E-state index contributed by atoms with van der Waals surface area (Å²) in [5, 5.41) is 8.58. The first-order chi connectivity index (χ1) is 20.8. The minimum absolute atomic E-state index is 0.0131. The zero-order chi connectivity index (χ0) is 34.5. The van der Waals surface area contributed by atoms with Gasteiger partial charge >= 0.3 is 12.4 Å². The highest BCUT2D eigenvalue weighted by Crippen LogP contribution is 2.37. The fourth-order valence-electron chi connectivity index (χ4n) is 4.43. The lowest BCUT2D eigenvalue weighted by Crippen LogP contribution is -2.21. The van der Waals surface area contributed by atoms with Crippen molar-refractivity contribution >= 4 is 20.2 Å². The first kappa shape index (κ1) is 40.8. The van der Waals surface area contributed by atoms with Gasteiger partial charge in [-0.25, -0.2) is 4.39 Å². The number of benzene rings is 2. The van der Waals surface area contributed by atoms with Crippen molar-refractivity contribution in [1.29, 1.82) is 0 Å². The molecule has 1 fully saturated rings. The van der Waals surface area contributed by atoms with Gasteiger partial charge in [0.05, 0.1) is 43.0 Å². The quantitative estimate of drug-likeness (QED) is 0.203. The van der Waals surface area contributed by atoms with E-state index in [1.54, 1.807) is 6.92 Å². The monoisotopic (exact) mass is 696 g/mol. The number of rotatable bonds is 10. The lowest BCUT2D eigenvalue weighted by molar-refractivity contribution is -0.143. The van der Waals surface area contributed by atoms with Gasteiger partial charge in [-0.2, -0.15) is 43.2 Å². The van der Waals surface area contributed by atoms with Crippen molar-refractivity contribution < 1.29 is 61.0 Å². The van der Waals surface area contributed by atoms with Crippen LogP contribution >= 0.6 is 0 Å². The standard InChI is InChI=1S/C16H23FO3S.C9H6F6O.C4H10O3S/c1-2-10-21(18,19)20-12-13-4-3-5-15(11-13)14-6-8-16(17)9-7-14;10-8(11,12)6-1-5(4-16)2-7(3-6)9(13,14)15;1-3-4-8(5,6)7-2/h6-9,13,15H,2-5,10-12H2,1H3;1-3,16H,4H2;3-4H2,1-2H3. The molecule has 2 unspecified atom stereocenters. The first-order valence-electron chi connectivity index (χ1n) is 14.1. The summed E-state index contributed by atoms with van der Waals surface area (Å²) in [5.74, 6) is 0.618. The molecule has 0 bridgehead atoms. The minimum atomic E-state index is -4.87. The molecular weight excluding hydrogens is 657 g/mol. The van der Waals surface area contributed by atoms with Crippen molar-refractivity contribution in [2.45, 2.75) is 77.2 Å². The predicted molar refractivity (Wildman–Crippen MR) is 155 cm³/mol. The molecule has 258 valence electrons. The summed E-state index contributed by atoms with van der Waals surface area (Å²) in [5.41, 5.74) is -2.14. The average Bonchev–Trinajstić information content (AvgIpc) is 2.96. The number of aliphatic hydroxyl groups excluding tert-OH is 1. The van der Waals surface area contributed by atoms with Crippen LogP contribution in [-0.4, -0.2) is 47.2 Å². The lowest BCUT2D eigenvalue weighted by atomic mass is 9.78. The second kappa shape index (κ2) is 18.2. The number of alkyl halides is 6. The van der Waals surface area contributed by atoms with Crippen LogP contribution in [0.3, 0.4) is 0 Å². The molecule has 16 heteroatoms. The van der Waals surface area contributed by atoms with Gasteiger partial charge in [-0.05, 0) is 85.4 Å². The zero-order valence-corrected chi connectivity index (χ0v) is 26.8. The van der Waals surface area contributed by atoms with E-state index in [4.69, 9.17) is 9.29 Å². The normalized spacial score (nSPS) is 17.5. The van der Waals surface area contributed by atoms with Crippen LogP contribution < -0.4 is 0 Å². The smallest absolute Gasteiger partial charge is 0.392 e.